The minimum absolute atomic E-state index is 0.130. The summed E-state index contributed by atoms with van der Waals surface area (Å²) in [5.74, 6) is -0.384. The summed E-state index contributed by atoms with van der Waals surface area (Å²) in [7, 11) is 1.99. The van der Waals surface area contributed by atoms with E-state index in [0.717, 1.165) is 25.9 Å². The molecule has 0 aromatic heterocycles. The highest BCUT2D eigenvalue weighted by molar-refractivity contribution is 5.71. The Morgan fingerprint density at radius 3 is 2.75 bits per heavy atom. The van der Waals surface area contributed by atoms with Gasteiger partial charge in [0.2, 0.25) is 0 Å². The molecule has 0 spiro atoms. The third-order valence-corrected chi connectivity index (χ3v) is 2.60. The lowest BCUT2D eigenvalue weighted by molar-refractivity contribution is -0.142. The second-order valence-electron chi connectivity index (χ2n) is 3.71. The van der Waals surface area contributed by atoms with Crippen molar-refractivity contribution in [1.29, 1.82) is 0 Å². The molecule has 2 atom stereocenters. The fraction of sp³-hybridized carbons (Fsp3) is 0.889. The van der Waals surface area contributed by atoms with Crippen LogP contribution in [-0.2, 0) is 4.79 Å². The van der Waals surface area contributed by atoms with Crippen molar-refractivity contribution in [3.05, 3.63) is 0 Å². The number of carboxylic acids is 1. The van der Waals surface area contributed by atoms with Crippen molar-refractivity contribution >= 4 is 5.97 Å². The zero-order chi connectivity index (χ0) is 9.14. The normalized spacial score (nSPS) is 30.8. The number of hydrogen-bond donors (Lipinski definition) is 1. The molecule has 2 unspecified atom stereocenters. The van der Waals surface area contributed by atoms with Crippen LogP contribution in [0.2, 0.25) is 0 Å². The van der Waals surface area contributed by atoms with E-state index in [9.17, 15) is 4.79 Å². The zero-order valence-electron chi connectivity index (χ0n) is 7.79. The Balaban J connectivity index is 2.53. The molecule has 0 aliphatic carbocycles. The molecule has 0 aromatic carbocycles. The summed E-state index contributed by atoms with van der Waals surface area (Å²) in [5.41, 5.74) is 0. The molecule has 1 aliphatic rings. The maximum Gasteiger partial charge on any atom is 0.308 e. The van der Waals surface area contributed by atoms with E-state index in [2.05, 4.69) is 11.8 Å². The summed E-state index contributed by atoms with van der Waals surface area (Å²) in [6, 6.07) is 0. The molecular formula is C9H17NO2. The first kappa shape index (κ1) is 9.52. The van der Waals surface area contributed by atoms with Gasteiger partial charge in [0.1, 0.15) is 0 Å². The minimum atomic E-state index is -0.627. The second-order valence-corrected chi connectivity index (χ2v) is 3.71. The molecule has 1 N–H and O–H groups in total. The van der Waals surface area contributed by atoms with Gasteiger partial charge < -0.3 is 10.0 Å². The van der Waals surface area contributed by atoms with Gasteiger partial charge in [0.25, 0.3) is 0 Å². The highest BCUT2D eigenvalue weighted by Gasteiger charge is 2.34. The third-order valence-electron chi connectivity index (χ3n) is 2.60. The largest absolute Gasteiger partial charge is 0.481 e. The lowest BCUT2D eigenvalue weighted by Crippen LogP contribution is -2.22. The first-order valence-electron chi connectivity index (χ1n) is 4.56. The van der Waals surface area contributed by atoms with Gasteiger partial charge in [0, 0.05) is 13.1 Å². The van der Waals surface area contributed by atoms with Crippen LogP contribution in [-0.4, -0.2) is 36.1 Å². The zero-order valence-corrected chi connectivity index (χ0v) is 7.79. The van der Waals surface area contributed by atoms with Crippen LogP contribution in [0.5, 0.6) is 0 Å². The smallest absolute Gasteiger partial charge is 0.308 e. The maximum absolute atomic E-state index is 10.8. The predicted molar refractivity (Wildman–Crippen MR) is 47.0 cm³/mol. The molecule has 3 nitrogen and oxygen atoms in total. The van der Waals surface area contributed by atoms with Crippen LogP contribution in [0.1, 0.15) is 19.8 Å². The average Bonchev–Trinajstić information content (AvgIpc) is 2.32. The number of hydrogen-bond acceptors (Lipinski definition) is 2. The number of aliphatic carboxylic acids is 1. The van der Waals surface area contributed by atoms with E-state index in [-0.39, 0.29) is 5.92 Å². The van der Waals surface area contributed by atoms with E-state index in [1.165, 1.54) is 0 Å². The standard InChI is InChI=1S/C9H17NO2/c1-3-4-7-5-10(2)6-8(7)9(11)12/h7-8H,3-6H2,1-2H3,(H,11,12). The van der Waals surface area contributed by atoms with E-state index in [1.807, 2.05) is 7.05 Å². The van der Waals surface area contributed by atoms with Crippen molar-refractivity contribution in [2.75, 3.05) is 20.1 Å². The van der Waals surface area contributed by atoms with E-state index < -0.39 is 5.97 Å². The Bertz CT molecular complexity index is 170. The molecule has 1 fully saturated rings. The van der Waals surface area contributed by atoms with Gasteiger partial charge in [0.05, 0.1) is 5.92 Å². The van der Waals surface area contributed by atoms with Crippen LogP contribution >= 0.6 is 0 Å². The summed E-state index contributed by atoms with van der Waals surface area (Å²) in [6.07, 6.45) is 2.13. The number of carbonyl (C=O) groups is 1. The first-order chi connectivity index (χ1) is 5.65. The molecule has 1 heterocycles. The molecule has 0 bridgehead atoms. The van der Waals surface area contributed by atoms with Crippen molar-refractivity contribution in [1.82, 2.24) is 4.90 Å². The minimum Gasteiger partial charge on any atom is -0.481 e. The van der Waals surface area contributed by atoms with Crippen molar-refractivity contribution < 1.29 is 9.90 Å². The number of carboxylic acid groups (broad SMARTS) is 1. The number of rotatable bonds is 3. The summed E-state index contributed by atoms with van der Waals surface area (Å²) >= 11 is 0. The predicted octanol–water partition coefficient (Wildman–Crippen LogP) is 1.05. The Hall–Kier alpha value is -0.570. The molecule has 0 aromatic rings. The lowest BCUT2D eigenvalue weighted by Gasteiger charge is -2.12. The molecule has 12 heavy (non-hydrogen) atoms. The van der Waals surface area contributed by atoms with Crippen LogP contribution in [0.15, 0.2) is 0 Å². The molecule has 1 rings (SSSR count). The van der Waals surface area contributed by atoms with E-state index in [4.69, 9.17) is 5.11 Å². The van der Waals surface area contributed by atoms with Crippen LogP contribution in [0.25, 0.3) is 0 Å². The number of nitrogens with zero attached hydrogens (tertiary/aromatic N) is 1. The Kier molecular flexibility index (Phi) is 3.09. The number of likely N-dealkylation sites (tertiary alicyclic amines) is 1. The van der Waals surface area contributed by atoms with Gasteiger partial charge in [-0.05, 0) is 19.4 Å². The van der Waals surface area contributed by atoms with Gasteiger partial charge in [0.15, 0.2) is 0 Å². The Labute approximate surface area is 73.4 Å². The summed E-state index contributed by atoms with van der Waals surface area (Å²) < 4.78 is 0. The van der Waals surface area contributed by atoms with E-state index in [1.54, 1.807) is 0 Å². The fourth-order valence-electron chi connectivity index (χ4n) is 2.03. The molecule has 0 amide bonds. The van der Waals surface area contributed by atoms with Crippen LogP contribution in [0.4, 0.5) is 0 Å². The van der Waals surface area contributed by atoms with Crippen LogP contribution in [0.3, 0.4) is 0 Å². The molecule has 1 saturated heterocycles. The second kappa shape index (κ2) is 3.90. The summed E-state index contributed by atoms with van der Waals surface area (Å²) in [4.78, 5) is 12.9. The monoisotopic (exact) mass is 171 g/mol. The molecular weight excluding hydrogens is 154 g/mol. The molecule has 70 valence electrons. The topological polar surface area (TPSA) is 40.5 Å². The van der Waals surface area contributed by atoms with Gasteiger partial charge in [-0.1, -0.05) is 13.3 Å². The lowest BCUT2D eigenvalue weighted by atomic mass is 9.92. The van der Waals surface area contributed by atoms with Crippen molar-refractivity contribution in [2.24, 2.45) is 11.8 Å². The van der Waals surface area contributed by atoms with Crippen molar-refractivity contribution in [2.45, 2.75) is 19.8 Å². The highest BCUT2D eigenvalue weighted by atomic mass is 16.4. The van der Waals surface area contributed by atoms with E-state index >= 15 is 0 Å². The Morgan fingerprint density at radius 2 is 2.25 bits per heavy atom. The quantitative estimate of drug-likeness (QED) is 0.690. The van der Waals surface area contributed by atoms with Crippen LogP contribution in [0, 0.1) is 11.8 Å². The average molecular weight is 171 g/mol. The maximum atomic E-state index is 10.8. The van der Waals surface area contributed by atoms with Gasteiger partial charge in [-0.25, -0.2) is 0 Å². The van der Waals surface area contributed by atoms with Gasteiger partial charge in [-0.15, -0.1) is 0 Å². The van der Waals surface area contributed by atoms with Gasteiger partial charge in [-0.2, -0.15) is 0 Å². The first-order valence-corrected chi connectivity index (χ1v) is 4.56. The van der Waals surface area contributed by atoms with E-state index in [0.29, 0.717) is 5.92 Å². The molecule has 0 saturated carbocycles. The van der Waals surface area contributed by atoms with Gasteiger partial charge >= 0.3 is 5.97 Å². The SMILES string of the molecule is CCCC1CN(C)CC1C(=O)O. The summed E-state index contributed by atoms with van der Waals surface area (Å²) in [5, 5.41) is 8.90. The summed E-state index contributed by atoms with van der Waals surface area (Å²) in [6.45, 7) is 3.78. The third kappa shape index (κ3) is 1.97. The molecule has 0 radical (unpaired) electrons. The van der Waals surface area contributed by atoms with Gasteiger partial charge in [-0.3, -0.25) is 4.79 Å². The van der Waals surface area contributed by atoms with Crippen LogP contribution < -0.4 is 0 Å². The van der Waals surface area contributed by atoms with Crippen molar-refractivity contribution in [3.63, 3.8) is 0 Å². The fourth-order valence-corrected chi connectivity index (χ4v) is 2.03. The molecule has 3 heteroatoms. The molecule has 1 aliphatic heterocycles. The Morgan fingerprint density at radius 1 is 1.58 bits per heavy atom. The van der Waals surface area contributed by atoms with Crippen molar-refractivity contribution in [3.8, 4) is 0 Å². The highest BCUT2D eigenvalue weighted by Crippen LogP contribution is 2.26.